The van der Waals surface area contributed by atoms with E-state index in [0.717, 1.165) is 30.9 Å². The van der Waals surface area contributed by atoms with Gasteiger partial charge in [0.15, 0.2) is 5.96 Å². The number of nitrogens with one attached hydrogen (secondary N) is 2. The maximum absolute atomic E-state index is 4.33. The van der Waals surface area contributed by atoms with E-state index in [1.807, 2.05) is 7.05 Å². The summed E-state index contributed by atoms with van der Waals surface area (Å²) in [4.78, 5) is 6.76. The molecule has 4 nitrogen and oxygen atoms in total. The van der Waals surface area contributed by atoms with Crippen LogP contribution in [0.25, 0.3) is 0 Å². The molecule has 0 saturated carbocycles. The molecule has 1 fully saturated rings. The van der Waals surface area contributed by atoms with Crippen molar-refractivity contribution in [2.45, 2.75) is 58.8 Å². The van der Waals surface area contributed by atoms with Crippen LogP contribution in [-0.2, 0) is 0 Å². The average Bonchev–Trinajstić information content (AvgIpc) is 2.49. The number of aliphatic imine (C=N–C) groups is 1. The van der Waals surface area contributed by atoms with E-state index in [1.165, 1.54) is 58.0 Å². The Kier molecular flexibility index (Phi) is 10.3. The quantitative estimate of drug-likeness (QED) is 0.390. The van der Waals surface area contributed by atoms with Crippen LogP contribution in [0.2, 0.25) is 0 Å². The van der Waals surface area contributed by atoms with Crippen LogP contribution < -0.4 is 10.6 Å². The fraction of sp³-hybridized carbons (Fsp3) is 0.944. The zero-order chi connectivity index (χ0) is 16.2. The van der Waals surface area contributed by atoms with Gasteiger partial charge in [-0.2, -0.15) is 0 Å². The summed E-state index contributed by atoms with van der Waals surface area (Å²) in [6.45, 7) is 9.15. The Hall–Kier alpha value is -0.770. The Balaban J connectivity index is 2.02. The van der Waals surface area contributed by atoms with Crippen molar-refractivity contribution >= 4 is 5.96 Å². The van der Waals surface area contributed by atoms with Gasteiger partial charge >= 0.3 is 0 Å². The molecule has 0 spiro atoms. The van der Waals surface area contributed by atoms with Crippen molar-refractivity contribution in [3.05, 3.63) is 0 Å². The van der Waals surface area contributed by atoms with Crippen LogP contribution in [0.1, 0.15) is 58.8 Å². The molecule has 0 aliphatic carbocycles. The summed E-state index contributed by atoms with van der Waals surface area (Å²) < 4.78 is 0. The minimum Gasteiger partial charge on any atom is -0.356 e. The minimum atomic E-state index is 0.758. The fourth-order valence-corrected chi connectivity index (χ4v) is 3.14. The third-order valence-electron chi connectivity index (χ3n) is 4.50. The molecule has 1 heterocycles. The van der Waals surface area contributed by atoms with E-state index in [9.17, 15) is 0 Å². The molecule has 0 aromatic carbocycles. The number of hydrogen-bond donors (Lipinski definition) is 2. The van der Waals surface area contributed by atoms with Gasteiger partial charge in [0.1, 0.15) is 0 Å². The third kappa shape index (κ3) is 9.29. The van der Waals surface area contributed by atoms with E-state index in [-0.39, 0.29) is 0 Å². The van der Waals surface area contributed by atoms with E-state index < -0.39 is 0 Å². The summed E-state index contributed by atoms with van der Waals surface area (Å²) in [6, 6.07) is 0. The molecular formula is C18H38N4. The monoisotopic (exact) mass is 310 g/mol. The van der Waals surface area contributed by atoms with E-state index in [1.54, 1.807) is 0 Å². The normalized spacial score (nSPS) is 20.4. The van der Waals surface area contributed by atoms with Gasteiger partial charge in [-0.3, -0.25) is 4.99 Å². The highest BCUT2D eigenvalue weighted by atomic mass is 15.2. The lowest BCUT2D eigenvalue weighted by molar-refractivity contribution is 0.210. The molecule has 1 atom stereocenters. The van der Waals surface area contributed by atoms with Gasteiger partial charge in [-0.1, -0.05) is 39.5 Å². The second-order valence-corrected chi connectivity index (χ2v) is 7.25. The van der Waals surface area contributed by atoms with E-state index >= 15 is 0 Å². The van der Waals surface area contributed by atoms with Crippen molar-refractivity contribution in [3.8, 4) is 0 Å². The maximum Gasteiger partial charge on any atom is 0.190 e. The van der Waals surface area contributed by atoms with E-state index in [0.29, 0.717) is 0 Å². The zero-order valence-electron chi connectivity index (χ0n) is 15.3. The largest absolute Gasteiger partial charge is 0.356 e. The van der Waals surface area contributed by atoms with Crippen LogP contribution >= 0.6 is 0 Å². The van der Waals surface area contributed by atoms with Gasteiger partial charge in [0.25, 0.3) is 0 Å². The van der Waals surface area contributed by atoms with Crippen LogP contribution in [0.5, 0.6) is 0 Å². The molecular weight excluding hydrogens is 272 g/mol. The van der Waals surface area contributed by atoms with Gasteiger partial charge in [-0.25, -0.2) is 0 Å². The van der Waals surface area contributed by atoms with Crippen molar-refractivity contribution in [3.63, 3.8) is 0 Å². The molecule has 0 amide bonds. The van der Waals surface area contributed by atoms with Gasteiger partial charge < -0.3 is 15.5 Å². The number of nitrogens with zero attached hydrogens (tertiary/aromatic N) is 2. The predicted octanol–water partition coefficient (Wildman–Crippen LogP) is 3.10. The van der Waals surface area contributed by atoms with Crippen LogP contribution in [0.4, 0.5) is 0 Å². The first kappa shape index (κ1) is 19.3. The fourth-order valence-electron chi connectivity index (χ4n) is 3.14. The summed E-state index contributed by atoms with van der Waals surface area (Å²) in [5, 5.41) is 6.93. The molecule has 1 unspecified atom stereocenters. The van der Waals surface area contributed by atoms with Crippen LogP contribution in [0.3, 0.4) is 0 Å². The number of likely N-dealkylation sites (tertiary alicyclic amines) is 1. The Morgan fingerprint density at radius 3 is 2.64 bits per heavy atom. The first-order chi connectivity index (χ1) is 10.6. The highest BCUT2D eigenvalue weighted by molar-refractivity contribution is 5.79. The molecule has 0 radical (unpaired) electrons. The number of unbranched alkanes of at least 4 members (excludes halogenated alkanes) is 3. The Morgan fingerprint density at radius 1 is 1.18 bits per heavy atom. The summed E-state index contributed by atoms with van der Waals surface area (Å²) in [5.41, 5.74) is 0. The zero-order valence-corrected chi connectivity index (χ0v) is 15.3. The molecule has 2 N–H and O–H groups in total. The SMILES string of the molecule is CN=C(NCCCCCCC(C)C)NCC1CCCN(C)C1. The second-order valence-electron chi connectivity index (χ2n) is 7.25. The topological polar surface area (TPSA) is 39.7 Å². The lowest BCUT2D eigenvalue weighted by Crippen LogP contribution is -2.43. The van der Waals surface area contributed by atoms with Crippen LogP contribution in [0.15, 0.2) is 4.99 Å². The standard InChI is InChI=1S/C18H38N4/c1-16(2)10-7-5-6-8-12-20-18(19-3)21-14-17-11-9-13-22(4)15-17/h16-17H,5-15H2,1-4H3,(H2,19,20,21). The average molecular weight is 311 g/mol. The van der Waals surface area contributed by atoms with Gasteiger partial charge in [-0.15, -0.1) is 0 Å². The van der Waals surface area contributed by atoms with E-state index in [2.05, 4.69) is 41.4 Å². The molecule has 4 heteroatoms. The number of hydrogen-bond acceptors (Lipinski definition) is 2. The van der Waals surface area contributed by atoms with Crippen LogP contribution in [-0.4, -0.2) is 51.1 Å². The van der Waals surface area contributed by atoms with Crippen molar-refractivity contribution in [2.75, 3.05) is 40.3 Å². The smallest absolute Gasteiger partial charge is 0.190 e. The molecule has 0 aromatic heterocycles. The molecule has 1 aliphatic rings. The van der Waals surface area contributed by atoms with Gasteiger partial charge in [0.05, 0.1) is 0 Å². The Labute approximate surface area is 138 Å². The summed E-state index contributed by atoms with van der Waals surface area (Å²) in [5.74, 6) is 2.57. The second kappa shape index (κ2) is 11.8. The Bertz CT molecular complexity index is 301. The van der Waals surface area contributed by atoms with Gasteiger partial charge in [0, 0.05) is 26.7 Å². The van der Waals surface area contributed by atoms with Crippen LogP contribution in [0, 0.1) is 11.8 Å². The lowest BCUT2D eigenvalue weighted by Gasteiger charge is -2.30. The van der Waals surface area contributed by atoms with Gasteiger partial charge in [0.2, 0.25) is 0 Å². The van der Waals surface area contributed by atoms with Gasteiger partial charge in [-0.05, 0) is 44.7 Å². The maximum atomic E-state index is 4.33. The van der Waals surface area contributed by atoms with Crippen molar-refractivity contribution in [1.29, 1.82) is 0 Å². The highest BCUT2D eigenvalue weighted by Crippen LogP contribution is 2.13. The molecule has 1 saturated heterocycles. The number of rotatable bonds is 9. The molecule has 0 aromatic rings. The number of piperidine rings is 1. The van der Waals surface area contributed by atoms with E-state index in [4.69, 9.17) is 0 Å². The van der Waals surface area contributed by atoms with Crippen molar-refractivity contribution in [1.82, 2.24) is 15.5 Å². The first-order valence-electron chi connectivity index (χ1n) is 9.25. The molecule has 1 rings (SSSR count). The highest BCUT2D eigenvalue weighted by Gasteiger charge is 2.16. The summed E-state index contributed by atoms with van der Waals surface area (Å²) in [6.07, 6.45) is 9.33. The van der Waals surface area contributed by atoms with Crippen molar-refractivity contribution < 1.29 is 0 Å². The summed E-state index contributed by atoms with van der Waals surface area (Å²) in [7, 11) is 4.09. The third-order valence-corrected chi connectivity index (χ3v) is 4.50. The summed E-state index contributed by atoms with van der Waals surface area (Å²) >= 11 is 0. The predicted molar refractivity (Wildman–Crippen MR) is 97.5 cm³/mol. The molecule has 0 bridgehead atoms. The lowest BCUT2D eigenvalue weighted by atomic mass is 9.99. The minimum absolute atomic E-state index is 0.758. The molecule has 130 valence electrons. The Morgan fingerprint density at radius 2 is 1.95 bits per heavy atom. The first-order valence-corrected chi connectivity index (χ1v) is 9.25. The molecule has 22 heavy (non-hydrogen) atoms. The van der Waals surface area contributed by atoms with Crippen molar-refractivity contribution in [2.24, 2.45) is 16.8 Å². The molecule has 1 aliphatic heterocycles. The number of guanidine groups is 1.